The molecule has 2 aromatic carbocycles. The molecule has 94 valence electrons. The highest BCUT2D eigenvalue weighted by Gasteiger charge is 1.94. The topological polar surface area (TPSA) is 17.1 Å². The van der Waals surface area contributed by atoms with Gasteiger partial charge in [-0.05, 0) is 31.0 Å². The molecule has 0 unspecified atom stereocenters. The number of carbonyl (C=O) groups is 1. The molecule has 0 heterocycles. The highest BCUT2D eigenvalue weighted by Crippen LogP contribution is 2.03. The molecule has 2 heteroatoms. The van der Waals surface area contributed by atoms with Crippen LogP contribution in [0.1, 0.15) is 18.9 Å². The molecule has 0 bridgehead atoms. The van der Waals surface area contributed by atoms with Gasteiger partial charge in [0.25, 0.3) is 0 Å². The Hall–Kier alpha value is -1.60. The van der Waals surface area contributed by atoms with Crippen LogP contribution in [-0.2, 0) is 11.2 Å². The van der Waals surface area contributed by atoms with E-state index in [1.54, 1.807) is 6.92 Å². The molecule has 0 aliphatic heterocycles. The molecule has 0 saturated carbocycles. The number of Topliss-reactive ketones (excluding diaryl/α,β-unsaturated/α-hetero) is 1. The minimum Gasteiger partial charge on any atom is -0.300 e. The summed E-state index contributed by atoms with van der Waals surface area (Å²) < 4.78 is 0. The number of aryl methyl sites for hydroxylation is 1. The Kier molecular flexibility index (Phi) is 6.82. The fraction of sp³-hybridized carbons (Fsp3) is 0.188. The van der Waals surface area contributed by atoms with Crippen molar-refractivity contribution in [1.29, 1.82) is 0 Å². The van der Waals surface area contributed by atoms with Crippen molar-refractivity contribution in [2.24, 2.45) is 0 Å². The third-order valence-electron chi connectivity index (χ3n) is 2.34. The molecule has 1 nitrogen and oxygen atoms in total. The first-order chi connectivity index (χ1) is 8.68. The van der Waals surface area contributed by atoms with E-state index in [2.05, 4.69) is 0 Å². The summed E-state index contributed by atoms with van der Waals surface area (Å²) >= 11 is 5.54. The maximum absolute atomic E-state index is 10.6. The third kappa shape index (κ3) is 6.87. The number of rotatable bonds is 3. The van der Waals surface area contributed by atoms with Gasteiger partial charge in [-0.2, -0.15) is 0 Å². The van der Waals surface area contributed by atoms with Crippen molar-refractivity contribution in [3.63, 3.8) is 0 Å². The summed E-state index contributed by atoms with van der Waals surface area (Å²) in [6.45, 7) is 1.63. The smallest absolute Gasteiger partial charge is 0.130 e. The van der Waals surface area contributed by atoms with Gasteiger partial charge in [0.1, 0.15) is 5.78 Å². The molecular weight excluding hydrogens is 244 g/mol. The summed E-state index contributed by atoms with van der Waals surface area (Å²) in [5.74, 6) is 0.258. The Labute approximate surface area is 113 Å². The summed E-state index contributed by atoms with van der Waals surface area (Å²) in [7, 11) is 0. The quantitative estimate of drug-likeness (QED) is 0.791. The van der Waals surface area contributed by atoms with Crippen LogP contribution >= 0.6 is 11.6 Å². The van der Waals surface area contributed by atoms with E-state index in [1.165, 1.54) is 5.56 Å². The van der Waals surface area contributed by atoms with Crippen LogP contribution in [-0.4, -0.2) is 5.78 Å². The van der Waals surface area contributed by atoms with Crippen molar-refractivity contribution in [2.45, 2.75) is 19.8 Å². The van der Waals surface area contributed by atoms with Crippen molar-refractivity contribution in [3.8, 4) is 0 Å². The van der Waals surface area contributed by atoms with Crippen LogP contribution < -0.4 is 0 Å². The highest BCUT2D eigenvalue weighted by atomic mass is 35.5. The van der Waals surface area contributed by atoms with E-state index in [0.717, 1.165) is 11.4 Å². The normalized spacial score (nSPS) is 9.22. The molecule has 2 rings (SSSR count). The lowest BCUT2D eigenvalue weighted by molar-refractivity contribution is -0.116. The van der Waals surface area contributed by atoms with Gasteiger partial charge in [-0.1, -0.05) is 60.1 Å². The minimum absolute atomic E-state index is 0.258. The minimum atomic E-state index is 0.258. The molecule has 0 aromatic heterocycles. The summed E-state index contributed by atoms with van der Waals surface area (Å²) in [5, 5.41) is 0.794. The van der Waals surface area contributed by atoms with Gasteiger partial charge < -0.3 is 4.79 Å². The SMILES string of the molecule is CC(=O)CCc1ccccc1.Clc1ccccc1. The molecule has 0 aliphatic rings. The first-order valence-corrected chi connectivity index (χ1v) is 6.30. The van der Waals surface area contributed by atoms with Crippen LogP contribution in [0.2, 0.25) is 5.02 Å². The summed E-state index contributed by atoms with van der Waals surface area (Å²) in [4.78, 5) is 10.6. The lowest BCUT2D eigenvalue weighted by atomic mass is 10.1. The summed E-state index contributed by atoms with van der Waals surface area (Å²) in [5.41, 5.74) is 1.24. The van der Waals surface area contributed by atoms with E-state index >= 15 is 0 Å². The molecular formula is C16H17ClO. The first kappa shape index (κ1) is 14.5. The van der Waals surface area contributed by atoms with Crippen LogP contribution in [0.15, 0.2) is 60.7 Å². The van der Waals surface area contributed by atoms with Crippen molar-refractivity contribution in [1.82, 2.24) is 0 Å². The Morgan fingerprint density at radius 1 is 0.944 bits per heavy atom. The molecule has 0 radical (unpaired) electrons. The second kappa shape index (κ2) is 8.48. The number of hydrogen-bond acceptors (Lipinski definition) is 1. The largest absolute Gasteiger partial charge is 0.300 e. The van der Waals surface area contributed by atoms with Crippen molar-refractivity contribution in [2.75, 3.05) is 0 Å². The van der Waals surface area contributed by atoms with E-state index in [0.29, 0.717) is 6.42 Å². The number of hydrogen-bond donors (Lipinski definition) is 0. The second-order valence-electron chi connectivity index (χ2n) is 3.98. The van der Waals surface area contributed by atoms with Crippen molar-refractivity contribution >= 4 is 17.4 Å². The van der Waals surface area contributed by atoms with Gasteiger partial charge in [-0.25, -0.2) is 0 Å². The van der Waals surface area contributed by atoms with E-state index in [-0.39, 0.29) is 5.78 Å². The molecule has 0 spiro atoms. The lowest BCUT2D eigenvalue weighted by Crippen LogP contribution is -1.92. The van der Waals surface area contributed by atoms with Gasteiger partial charge in [0.05, 0.1) is 0 Å². The van der Waals surface area contributed by atoms with Crippen LogP contribution in [0.4, 0.5) is 0 Å². The van der Waals surface area contributed by atoms with E-state index in [1.807, 2.05) is 60.7 Å². The Morgan fingerprint density at radius 2 is 1.44 bits per heavy atom. The fourth-order valence-electron chi connectivity index (χ4n) is 1.38. The van der Waals surface area contributed by atoms with Gasteiger partial charge in [-0.15, -0.1) is 0 Å². The number of benzene rings is 2. The van der Waals surface area contributed by atoms with Gasteiger partial charge >= 0.3 is 0 Å². The maximum atomic E-state index is 10.6. The van der Waals surface area contributed by atoms with Gasteiger partial charge in [0.2, 0.25) is 0 Å². The zero-order valence-corrected chi connectivity index (χ0v) is 11.2. The predicted octanol–water partition coefficient (Wildman–Crippen LogP) is 4.55. The van der Waals surface area contributed by atoms with E-state index in [4.69, 9.17) is 11.6 Å². The second-order valence-corrected chi connectivity index (χ2v) is 4.42. The molecule has 0 aliphatic carbocycles. The fourth-order valence-corrected chi connectivity index (χ4v) is 1.53. The van der Waals surface area contributed by atoms with Crippen molar-refractivity contribution < 1.29 is 4.79 Å². The number of halogens is 1. The van der Waals surface area contributed by atoms with Crippen LogP contribution in [0, 0.1) is 0 Å². The molecule has 0 saturated heterocycles. The zero-order chi connectivity index (χ0) is 13.2. The molecule has 2 aromatic rings. The molecule has 0 atom stereocenters. The Balaban J connectivity index is 0.000000199. The first-order valence-electron chi connectivity index (χ1n) is 5.92. The highest BCUT2D eigenvalue weighted by molar-refractivity contribution is 6.30. The zero-order valence-electron chi connectivity index (χ0n) is 10.5. The number of carbonyl (C=O) groups excluding carboxylic acids is 1. The molecule has 0 fully saturated rings. The van der Waals surface area contributed by atoms with E-state index in [9.17, 15) is 4.79 Å². The van der Waals surface area contributed by atoms with Gasteiger partial charge in [0, 0.05) is 11.4 Å². The molecule has 0 amide bonds. The maximum Gasteiger partial charge on any atom is 0.130 e. The summed E-state index contributed by atoms with van der Waals surface area (Å²) in [6, 6.07) is 19.5. The Bertz CT molecular complexity index is 451. The molecule has 0 N–H and O–H groups in total. The average Bonchev–Trinajstić information content (AvgIpc) is 2.39. The number of ketones is 1. The standard InChI is InChI=1S/C10H12O.C6H5Cl/c1-9(11)7-8-10-5-3-2-4-6-10;7-6-4-2-1-3-5-6/h2-6H,7-8H2,1H3;1-5H. The molecule has 18 heavy (non-hydrogen) atoms. The predicted molar refractivity (Wildman–Crippen MR) is 76.9 cm³/mol. The van der Waals surface area contributed by atoms with Gasteiger partial charge in [-0.3, -0.25) is 0 Å². The van der Waals surface area contributed by atoms with Crippen LogP contribution in [0.3, 0.4) is 0 Å². The van der Waals surface area contributed by atoms with E-state index < -0.39 is 0 Å². The lowest BCUT2D eigenvalue weighted by Gasteiger charge is -1.96. The van der Waals surface area contributed by atoms with Crippen molar-refractivity contribution in [3.05, 3.63) is 71.2 Å². The van der Waals surface area contributed by atoms with Gasteiger partial charge in [0.15, 0.2) is 0 Å². The van der Waals surface area contributed by atoms with Crippen LogP contribution in [0.5, 0.6) is 0 Å². The van der Waals surface area contributed by atoms with Crippen LogP contribution in [0.25, 0.3) is 0 Å². The Morgan fingerprint density at radius 3 is 1.83 bits per heavy atom. The summed E-state index contributed by atoms with van der Waals surface area (Å²) in [6.07, 6.45) is 1.53. The third-order valence-corrected chi connectivity index (χ3v) is 2.59. The monoisotopic (exact) mass is 260 g/mol. The average molecular weight is 261 g/mol.